The highest BCUT2D eigenvalue weighted by atomic mass is 79.9. The molecular formula is C14H15BrN2O. The van der Waals surface area contributed by atoms with E-state index in [1.807, 2.05) is 24.3 Å². The predicted octanol–water partition coefficient (Wildman–Crippen LogP) is 3.18. The van der Waals surface area contributed by atoms with Gasteiger partial charge in [-0.2, -0.15) is 0 Å². The van der Waals surface area contributed by atoms with Gasteiger partial charge >= 0.3 is 0 Å². The van der Waals surface area contributed by atoms with Crippen LogP contribution in [0.25, 0.3) is 0 Å². The summed E-state index contributed by atoms with van der Waals surface area (Å²) in [4.78, 5) is 2.37. The fraction of sp³-hybridized carbons (Fsp3) is 0.286. The molecule has 1 aliphatic heterocycles. The molecule has 0 amide bonds. The molecule has 4 heteroatoms. The van der Waals surface area contributed by atoms with Crippen molar-refractivity contribution >= 4 is 21.6 Å². The van der Waals surface area contributed by atoms with Crippen LogP contribution in [0, 0.1) is 0 Å². The number of benzene rings is 1. The smallest absolute Gasteiger partial charge is 0.169 e. The maximum Gasteiger partial charge on any atom is 0.169 e. The zero-order valence-corrected chi connectivity index (χ0v) is 11.6. The van der Waals surface area contributed by atoms with Crippen molar-refractivity contribution in [1.29, 1.82) is 0 Å². The van der Waals surface area contributed by atoms with Gasteiger partial charge in [-0.1, -0.05) is 12.1 Å². The van der Waals surface area contributed by atoms with E-state index in [2.05, 4.69) is 26.9 Å². The van der Waals surface area contributed by atoms with Crippen molar-refractivity contribution in [2.75, 3.05) is 12.3 Å². The highest BCUT2D eigenvalue weighted by Gasteiger charge is 2.18. The van der Waals surface area contributed by atoms with Crippen molar-refractivity contribution < 1.29 is 4.42 Å². The third-order valence-corrected chi connectivity index (χ3v) is 3.82. The molecular weight excluding hydrogens is 292 g/mol. The standard InChI is InChI=1S/C14H15BrN2O/c15-14-5-4-11(18-14)8-17-7-6-10-2-1-3-13(16)12(10)9-17/h1-5H,6-9,16H2. The summed E-state index contributed by atoms with van der Waals surface area (Å²) in [5, 5.41) is 0. The number of nitrogens with zero attached hydrogens (tertiary/aromatic N) is 1. The number of hydrogen-bond acceptors (Lipinski definition) is 3. The van der Waals surface area contributed by atoms with Crippen molar-refractivity contribution in [2.24, 2.45) is 0 Å². The second-order valence-electron chi connectivity index (χ2n) is 4.65. The summed E-state index contributed by atoms with van der Waals surface area (Å²) in [6, 6.07) is 10.1. The van der Waals surface area contributed by atoms with Gasteiger partial charge in [0.05, 0.1) is 6.54 Å². The van der Waals surface area contributed by atoms with E-state index >= 15 is 0 Å². The first kappa shape index (κ1) is 11.8. The van der Waals surface area contributed by atoms with E-state index in [4.69, 9.17) is 10.2 Å². The summed E-state index contributed by atoms with van der Waals surface area (Å²) in [7, 11) is 0. The van der Waals surface area contributed by atoms with E-state index in [0.29, 0.717) is 0 Å². The van der Waals surface area contributed by atoms with Gasteiger partial charge in [-0.3, -0.25) is 4.90 Å². The lowest BCUT2D eigenvalue weighted by Gasteiger charge is -2.28. The van der Waals surface area contributed by atoms with E-state index in [-0.39, 0.29) is 0 Å². The summed E-state index contributed by atoms with van der Waals surface area (Å²) in [5.74, 6) is 0.986. The van der Waals surface area contributed by atoms with Gasteiger partial charge in [0, 0.05) is 18.8 Å². The number of furan rings is 1. The number of rotatable bonds is 2. The van der Waals surface area contributed by atoms with Crippen LogP contribution in [0.4, 0.5) is 5.69 Å². The molecule has 0 saturated heterocycles. The molecule has 0 bridgehead atoms. The highest BCUT2D eigenvalue weighted by molar-refractivity contribution is 9.10. The summed E-state index contributed by atoms with van der Waals surface area (Å²) in [6.07, 6.45) is 1.06. The van der Waals surface area contributed by atoms with Crippen LogP contribution in [0.5, 0.6) is 0 Å². The average Bonchev–Trinajstić information content (AvgIpc) is 2.76. The lowest BCUT2D eigenvalue weighted by molar-refractivity contribution is 0.225. The molecule has 0 spiro atoms. The van der Waals surface area contributed by atoms with Crippen molar-refractivity contribution in [2.45, 2.75) is 19.5 Å². The molecule has 0 saturated carbocycles. The third kappa shape index (κ3) is 2.31. The Morgan fingerprint density at radius 1 is 1.28 bits per heavy atom. The fourth-order valence-corrected chi connectivity index (χ4v) is 2.79. The first-order valence-corrected chi connectivity index (χ1v) is 6.84. The second kappa shape index (κ2) is 4.78. The van der Waals surface area contributed by atoms with E-state index in [9.17, 15) is 0 Å². The minimum Gasteiger partial charge on any atom is -0.453 e. The zero-order valence-electron chi connectivity index (χ0n) is 10.0. The molecule has 0 unspecified atom stereocenters. The lowest BCUT2D eigenvalue weighted by Crippen LogP contribution is -2.30. The first-order valence-electron chi connectivity index (χ1n) is 6.05. The number of nitrogen functional groups attached to an aromatic ring is 1. The molecule has 18 heavy (non-hydrogen) atoms. The van der Waals surface area contributed by atoms with E-state index < -0.39 is 0 Å². The third-order valence-electron chi connectivity index (χ3n) is 3.40. The molecule has 2 heterocycles. The number of fused-ring (bicyclic) bond motifs is 1. The van der Waals surface area contributed by atoms with Crippen LogP contribution in [0.3, 0.4) is 0 Å². The van der Waals surface area contributed by atoms with Gasteiger partial charge in [-0.15, -0.1) is 0 Å². The minimum atomic E-state index is 0.787. The Morgan fingerprint density at radius 2 is 2.17 bits per heavy atom. The Morgan fingerprint density at radius 3 is 2.94 bits per heavy atom. The Balaban J connectivity index is 1.76. The topological polar surface area (TPSA) is 42.4 Å². The van der Waals surface area contributed by atoms with Crippen LogP contribution >= 0.6 is 15.9 Å². The maximum atomic E-state index is 6.04. The van der Waals surface area contributed by atoms with Gasteiger partial charge in [-0.25, -0.2) is 0 Å². The summed E-state index contributed by atoms with van der Waals surface area (Å²) in [5.41, 5.74) is 9.60. The number of hydrogen-bond donors (Lipinski definition) is 1. The van der Waals surface area contributed by atoms with Gasteiger partial charge in [0.25, 0.3) is 0 Å². The fourth-order valence-electron chi connectivity index (χ4n) is 2.45. The maximum absolute atomic E-state index is 6.04. The molecule has 1 aromatic heterocycles. The van der Waals surface area contributed by atoms with Crippen LogP contribution in [-0.2, 0) is 19.5 Å². The molecule has 2 aromatic rings. The highest BCUT2D eigenvalue weighted by Crippen LogP contribution is 2.25. The van der Waals surface area contributed by atoms with Crippen LogP contribution in [0.15, 0.2) is 39.4 Å². The SMILES string of the molecule is Nc1cccc2c1CN(Cc1ccc(Br)o1)CC2. The number of anilines is 1. The van der Waals surface area contributed by atoms with E-state index in [0.717, 1.165) is 42.2 Å². The Bertz CT molecular complexity index is 565. The molecule has 1 aromatic carbocycles. The summed E-state index contributed by atoms with van der Waals surface area (Å²) in [6.45, 7) is 2.79. The van der Waals surface area contributed by atoms with Crippen molar-refractivity contribution in [3.63, 3.8) is 0 Å². The van der Waals surface area contributed by atoms with Gasteiger partial charge in [0.15, 0.2) is 4.67 Å². The van der Waals surface area contributed by atoms with Gasteiger partial charge < -0.3 is 10.2 Å². The quantitative estimate of drug-likeness (QED) is 0.867. The van der Waals surface area contributed by atoms with Crippen LogP contribution in [-0.4, -0.2) is 11.4 Å². The van der Waals surface area contributed by atoms with Gasteiger partial charge in [0.2, 0.25) is 0 Å². The monoisotopic (exact) mass is 306 g/mol. The van der Waals surface area contributed by atoms with Crippen LogP contribution in [0.2, 0.25) is 0 Å². The molecule has 2 N–H and O–H groups in total. The summed E-state index contributed by atoms with van der Waals surface area (Å²) < 4.78 is 6.33. The predicted molar refractivity (Wildman–Crippen MR) is 75.1 cm³/mol. The van der Waals surface area contributed by atoms with Crippen molar-refractivity contribution in [3.8, 4) is 0 Å². The average molecular weight is 307 g/mol. The molecule has 0 radical (unpaired) electrons. The Labute approximate surface area is 115 Å². The molecule has 3 rings (SSSR count). The van der Waals surface area contributed by atoms with Crippen LogP contribution in [0.1, 0.15) is 16.9 Å². The second-order valence-corrected chi connectivity index (χ2v) is 5.43. The number of nitrogens with two attached hydrogens (primary N) is 1. The molecule has 0 aliphatic carbocycles. The Kier molecular flexibility index (Phi) is 3.14. The molecule has 1 aliphatic rings. The lowest BCUT2D eigenvalue weighted by atomic mass is 9.98. The minimum absolute atomic E-state index is 0.787. The van der Waals surface area contributed by atoms with Gasteiger partial charge in [0.1, 0.15) is 5.76 Å². The van der Waals surface area contributed by atoms with E-state index in [1.54, 1.807) is 0 Å². The molecule has 0 fully saturated rings. The zero-order chi connectivity index (χ0) is 12.5. The molecule has 3 nitrogen and oxygen atoms in total. The van der Waals surface area contributed by atoms with Crippen molar-refractivity contribution in [1.82, 2.24) is 4.90 Å². The van der Waals surface area contributed by atoms with Crippen molar-refractivity contribution in [3.05, 3.63) is 51.9 Å². The molecule has 0 atom stereocenters. The first-order chi connectivity index (χ1) is 8.72. The number of halogens is 1. The van der Waals surface area contributed by atoms with Crippen LogP contribution < -0.4 is 5.73 Å². The Hall–Kier alpha value is -1.26. The summed E-state index contributed by atoms with van der Waals surface area (Å²) >= 11 is 3.33. The largest absolute Gasteiger partial charge is 0.453 e. The molecule has 94 valence electrons. The van der Waals surface area contributed by atoms with Gasteiger partial charge in [-0.05, 0) is 51.7 Å². The van der Waals surface area contributed by atoms with E-state index in [1.165, 1.54) is 11.1 Å². The normalized spacial score (nSPS) is 15.6.